The van der Waals surface area contributed by atoms with E-state index >= 15 is 0 Å². The number of carbonyl (C=O) groups excluding carboxylic acids is 1. The molecule has 2 rings (SSSR count). The highest BCUT2D eigenvalue weighted by molar-refractivity contribution is 7.89. The van der Waals surface area contributed by atoms with Crippen LogP contribution in [0.5, 0.6) is 0 Å². The molecule has 0 aliphatic carbocycles. The second kappa shape index (κ2) is 7.24. The fourth-order valence-corrected chi connectivity index (χ4v) is 3.00. The minimum absolute atomic E-state index is 0.139. The molecule has 23 heavy (non-hydrogen) atoms. The molecule has 0 radical (unpaired) electrons. The number of rotatable bonds is 6. The summed E-state index contributed by atoms with van der Waals surface area (Å²) >= 11 is 0. The molecule has 0 saturated heterocycles. The smallest absolute Gasteiger partial charge is 0.261 e. The van der Waals surface area contributed by atoms with Gasteiger partial charge in [0.15, 0.2) is 5.78 Å². The standard InChI is InChI=1S/C18H19NO3S/c1-14(2)18(20)13-17(15-9-5-3-6-10-15)19-23(21,22)16-11-7-4-8-12-16/h3-14,19H,1-2H3/b17-13-. The minimum atomic E-state index is -3.75. The summed E-state index contributed by atoms with van der Waals surface area (Å²) in [4.78, 5) is 12.2. The fourth-order valence-electron chi connectivity index (χ4n) is 1.90. The molecule has 0 spiro atoms. The highest BCUT2D eigenvalue weighted by atomic mass is 32.2. The molecule has 2 aromatic carbocycles. The zero-order chi connectivity index (χ0) is 16.9. The first-order chi connectivity index (χ1) is 10.9. The van der Waals surface area contributed by atoms with E-state index in [1.807, 2.05) is 6.07 Å². The Hall–Kier alpha value is -2.40. The van der Waals surface area contributed by atoms with Crippen molar-refractivity contribution in [2.24, 2.45) is 5.92 Å². The number of hydrogen-bond acceptors (Lipinski definition) is 3. The van der Waals surface area contributed by atoms with Gasteiger partial charge in [0, 0.05) is 12.0 Å². The van der Waals surface area contributed by atoms with Crippen LogP contribution in [-0.2, 0) is 14.8 Å². The second-order valence-corrected chi connectivity index (χ2v) is 7.08. The molecule has 0 unspecified atom stereocenters. The number of ketones is 1. The van der Waals surface area contributed by atoms with Gasteiger partial charge in [0.05, 0.1) is 10.6 Å². The van der Waals surface area contributed by atoms with Gasteiger partial charge in [-0.1, -0.05) is 62.4 Å². The predicted octanol–water partition coefficient (Wildman–Crippen LogP) is 3.23. The van der Waals surface area contributed by atoms with E-state index in [-0.39, 0.29) is 22.3 Å². The lowest BCUT2D eigenvalue weighted by molar-refractivity contribution is -0.117. The zero-order valence-corrected chi connectivity index (χ0v) is 13.9. The third-order valence-electron chi connectivity index (χ3n) is 3.24. The van der Waals surface area contributed by atoms with E-state index in [4.69, 9.17) is 0 Å². The van der Waals surface area contributed by atoms with Gasteiger partial charge in [0.1, 0.15) is 0 Å². The van der Waals surface area contributed by atoms with Crippen molar-refractivity contribution in [1.82, 2.24) is 4.72 Å². The van der Waals surface area contributed by atoms with Crippen molar-refractivity contribution in [2.45, 2.75) is 18.7 Å². The Kier molecular flexibility index (Phi) is 5.34. The summed E-state index contributed by atoms with van der Waals surface area (Å²) in [6.45, 7) is 3.54. The van der Waals surface area contributed by atoms with Gasteiger partial charge in [-0.05, 0) is 17.7 Å². The van der Waals surface area contributed by atoms with Crippen molar-refractivity contribution in [3.8, 4) is 0 Å². The summed E-state index contributed by atoms with van der Waals surface area (Å²) in [5.74, 6) is -0.352. The summed E-state index contributed by atoms with van der Waals surface area (Å²) in [5, 5.41) is 0. The first-order valence-electron chi connectivity index (χ1n) is 7.29. The second-order valence-electron chi connectivity index (χ2n) is 5.40. The maximum Gasteiger partial charge on any atom is 0.261 e. The van der Waals surface area contributed by atoms with E-state index in [0.717, 1.165) is 0 Å². The van der Waals surface area contributed by atoms with E-state index in [0.29, 0.717) is 5.56 Å². The minimum Gasteiger partial charge on any atom is -0.294 e. The van der Waals surface area contributed by atoms with E-state index in [1.54, 1.807) is 56.3 Å². The molecule has 5 heteroatoms. The maximum atomic E-state index is 12.5. The lowest BCUT2D eigenvalue weighted by atomic mass is 10.1. The maximum absolute atomic E-state index is 12.5. The molecule has 2 aromatic rings. The third-order valence-corrected chi connectivity index (χ3v) is 4.62. The summed E-state index contributed by atoms with van der Waals surface area (Å²) < 4.78 is 27.5. The molecule has 0 bridgehead atoms. The Morgan fingerprint density at radius 1 is 0.957 bits per heavy atom. The molecular weight excluding hydrogens is 310 g/mol. The fraction of sp³-hybridized carbons (Fsp3) is 0.167. The van der Waals surface area contributed by atoms with Gasteiger partial charge >= 0.3 is 0 Å². The molecule has 0 aromatic heterocycles. The molecule has 4 nitrogen and oxygen atoms in total. The first-order valence-corrected chi connectivity index (χ1v) is 8.77. The Morgan fingerprint density at radius 2 is 1.48 bits per heavy atom. The van der Waals surface area contributed by atoms with Crippen LogP contribution in [0.15, 0.2) is 71.6 Å². The van der Waals surface area contributed by atoms with Gasteiger partial charge in [-0.15, -0.1) is 0 Å². The van der Waals surface area contributed by atoms with Crippen LogP contribution in [0.4, 0.5) is 0 Å². The number of nitrogens with one attached hydrogen (secondary N) is 1. The topological polar surface area (TPSA) is 63.2 Å². The Morgan fingerprint density at radius 3 is 2.00 bits per heavy atom. The van der Waals surface area contributed by atoms with Crippen LogP contribution in [0, 0.1) is 5.92 Å². The quantitative estimate of drug-likeness (QED) is 0.828. The molecule has 0 amide bonds. The van der Waals surface area contributed by atoms with E-state index in [9.17, 15) is 13.2 Å². The number of hydrogen-bond donors (Lipinski definition) is 1. The monoisotopic (exact) mass is 329 g/mol. The Labute approximate surface area is 136 Å². The Bertz CT molecular complexity index is 795. The van der Waals surface area contributed by atoms with Crippen molar-refractivity contribution in [3.63, 3.8) is 0 Å². The lowest BCUT2D eigenvalue weighted by Gasteiger charge is -2.13. The van der Waals surface area contributed by atoms with Crippen molar-refractivity contribution in [1.29, 1.82) is 0 Å². The summed E-state index contributed by atoms with van der Waals surface area (Å²) in [7, 11) is -3.75. The molecule has 120 valence electrons. The van der Waals surface area contributed by atoms with Crippen LogP contribution in [0.1, 0.15) is 19.4 Å². The zero-order valence-electron chi connectivity index (χ0n) is 13.1. The average Bonchev–Trinajstić information content (AvgIpc) is 2.55. The van der Waals surface area contributed by atoms with Gasteiger partial charge in [0.2, 0.25) is 0 Å². The predicted molar refractivity (Wildman–Crippen MR) is 91.0 cm³/mol. The van der Waals surface area contributed by atoms with Crippen LogP contribution in [0.2, 0.25) is 0 Å². The number of carbonyl (C=O) groups is 1. The molecule has 0 atom stereocenters. The lowest BCUT2D eigenvalue weighted by Crippen LogP contribution is -2.23. The molecule has 1 N–H and O–H groups in total. The Balaban J connectivity index is 2.42. The first kappa shape index (κ1) is 17.0. The average molecular weight is 329 g/mol. The molecule has 0 fully saturated rings. The van der Waals surface area contributed by atoms with Crippen LogP contribution in [0.3, 0.4) is 0 Å². The summed E-state index contributed by atoms with van der Waals surface area (Å²) in [6.07, 6.45) is 1.35. The highest BCUT2D eigenvalue weighted by Gasteiger charge is 2.17. The van der Waals surface area contributed by atoms with Crippen LogP contribution < -0.4 is 4.72 Å². The van der Waals surface area contributed by atoms with Crippen molar-refractivity contribution in [2.75, 3.05) is 0 Å². The number of sulfonamides is 1. The number of benzene rings is 2. The molecule has 0 saturated carbocycles. The summed E-state index contributed by atoms with van der Waals surface area (Å²) in [5.41, 5.74) is 0.911. The highest BCUT2D eigenvalue weighted by Crippen LogP contribution is 2.17. The van der Waals surface area contributed by atoms with E-state index < -0.39 is 10.0 Å². The van der Waals surface area contributed by atoms with E-state index in [2.05, 4.69) is 4.72 Å². The van der Waals surface area contributed by atoms with Gasteiger partial charge in [-0.3, -0.25) is 9.52 Å². The largest absolute Gasteiger partial charge is 0.294 e. The van der Waals surface area contributed by atoms with Gasteiger partial charge in [0.25, 0.3) is 10.0 Å². The molecular formula is C18H19NO3S. The third kappa shape index (κ3) is 4.53. The molecule has 0 aliphatic heterocycles. The van der Waals surface area contributed by atoms with Crippen LogP contribution in [-0.4, -0.2) is 14.2 Å². The van der Waals surface area contributed by atoms with Gasteiger partial charge < -0.3 is 0 Å². The number of allylic oxidation sites excluding steroid dienone is 1. The van der Waals surface area contributed by atoms with Crippen molar-refractivity contribution < 1.29 is 13.2 Å². The van der Waals surface area contributed by atoms with Crippen molar-refractivity contribution >= 4 is 21.5 Å². The van der Waals surface area contributed by atoms with Crippen LogP contribution >= 0.6 is 0 Å². The van der Waals surface area contributed by atoms with Gasteiger partial charge in [-0.2, -0.15) is 0 Å². The SMILES string of the molecule is CC(C)C(=O)/C=C(\NS(=O)(=O)c1ccccc1)c1ccccc1. The molecule has 0 aliphatic rings. The van der Waals surface area contributed by atoms with E-state index in [1.165, 1.54) is 18.2 Å². The van der Waals surface area contributed by atoms with Crippen molar-refractivity contribution in [3.05, 3.63) is 72.3 Å². The normalized spacial score (nSPS) is 12.2. The van der Waals surface area contributed by atoms with Gasteiger partial charge in [-0.25, -0.2) is 8.42 Å². The van der Waals surface area contributed by atoms with Crippen LogP contribution in [0.25, 0.3) is 5.70 Å². The molecule has 0 heterocycles. The summed E-state index contributed by atoms with van der Waals surface area (Å²) in [6, 6.07) is 17.0.